The summed E-state index contributed by atoms with van der Waals surface area (Å²) in [5, 5.41) is 13.7. The first kappa shape index (κ1) is 14.6. The first-order valence-electron chi connectivity index (χ1n) is 6.45. The number of aliphatic hydroxyl groups is 1. The Bertz CT molecular complexity index is 441. The normalized spacial score (nSPS) is 16.8. The van der Waals surface area contributed by atoms with Gasteiger partial charge in [-0.05, 0) is 42.5 Å². The molecule has 1 saturated carbocycles. The molecule has 0 spiro atoms. The third-order valence-electron chi connectivity index (χ3n) is 3.46. The van der Waals surface area contributed by atoms with E-state index in [-0.39, 0.29) is 12.5 Å². The van der Waals surface area contributed by atoms with Crippen LogP contribution < -0.4 is 5.32 Å². The molecule has 1 aromatic rings. The molecule has 2 rings (SSSR count). The predicted octanol–water partition coefficient (Wildman–Crippen LogP) is 3.33. The Kier molecular flexibility index (Phi) is 5.08. The van der Waals surface area contributed by atoms with E-state index in [9.17, 15) is 9.90 Å². The number of aliphatic hydroxyl groups excluding tert-OH is 1. The minimum absolute atomic E-state index is 0.00289. The molecule has 1 fully saturated rings. The van der Waals surface area contributed by atoms with Crippen LogP contribution in [0.4, 0.5) is 0 Å². The van der Waals surface area contributed by atoms with Gasteiger partial charge in [0.1, 0.15) is 0 Å². The Hall–Kier alpha value is -0.770. The minimum Gasteiger partial charge on any atom is -0.387 e. The highest BCUT2D eigenvalue weighted by atomic mass is 35.5. The number of carbonyl (C=O) groups is 1. The molecule has 0 saturated heterocycles. The van der Waals surface area contributed by atoms with Crippen molar-refractivity contribution in [1.29, 1.82) is 0 Å². The summed E-state index contributed by atoms with van der Waals surface area (Å²) in [6.45, 7) is 0.183. The van der Waals surface area contributed by atoms with Crippen LogP contribution in [0.2, 0.25) is 10.0 Å². The van der Waals surface area contributed by atoms with Gasteiger partial charge in [-0.2, -0.15) is 0 Å². The Balaban J connectivity index is 1.82. The molecule has 1 aliphatic carbocycles. The summed E-state index contributed by atoms with van der Waals surface area (Å²) in [6.07, 6.45) is 3.27. The van der Waals surface area contributed by atoms with Crippen molar-refractivity contribution in [3.05, 3.63) is 33.8 Å². The molecule has 0 bridgehead atoms. The monoisotopic (exact) mass is 301 g/mol. The van der Waals surface area contributed by atoms with Crippen molar-refractivity contribution in [3.63, 3.8) is 0 Å². The van der Waals surface area contributed by atoms with Gasteiger partial charge in [0.25, 0.3) is 0 Å². The van der Waals surface area contributed by atoms with E-state index in [1.165, 1.54) is 6.42 Å². The average molecular weight is 302 g/mol. The van der Waals surface area contributed by atoms with Gasteiger partial charge >= 0.3 is 0 Å². The zero-order valence-corrected chi connectivity index (χ0v) is 12.0. The van der Waals surface area contributed by atoms with Crippen molar-refractivity contribution in [2.75, 3.05) is 6.54 Å². The van der Waals surface area contributed by atoms with Gasteiger partial charge < -0.3 is 10.4 Å². The van der Waals surface area contributed by atoms with Crippen LogP contribution in [0.15, 0.2) is 18.2 Å². The third kappa shape index (κ3) is 4.37. The Labute approximate surface area is 122 Å². The summed E-state index contributed by atoms with van der Waals surface area (Å²) in [7, 11) is 0. The van der Waals surface area contributed by atoms with Gasteiger partial charge in [0, 0.05) is 23.0 Å². The lowest BCUT2D eigenvalue weighted by Gasteiger charge is -2.24. The number of hydrogen-bond acceptors (Lipinski definition) is 2. The lowest BCUT2D eigenvalue weighted by atomic mass is 9.83. The second kappa shape index (κ2) is 6.60. The largest absolute Gasteiger partial charge is 0.387 e. The SMILES string of the molecule is O=C(CC1CCC1)NCC(O)c1cc(Cl)cc(Cl)c1. The topological polar surface area (TPSA) is 49.3 Å². The van der Waals surface area contributed by atoms with Gasteiger partial charge in [-0.15, -0.1) is 0 Å². The van der Waals surface area contributed by atoms with Gasteiger partial charge in [-0.3, -0.25) is 4.79 Å². The minimum atomic E-state index is -0.790. The molecular weight excluding hydrogens is 285 g/mol. The Morgan fingerprint density at radius 3 is 2.47 bits per heavy atom. The quantitative estimate of drug-likeness (QED) is 0.876. The summed E-state index contributed by atoms with van der Waals surface area (Å²) in [5.74, 6) is 0.523. The van der Waals surface area contributed by atoms with Gasteiger partial charge in [-0.1, -0.05) is 29.6 Å². The van der Waals surface area contributed by atoms with E-state index < -0.39 is 6.10 Å². The fraction of sp³-hybridized carbons (Fsp3) is 0.500. The fourth-order valence-electron chi connectivity index (χ4n) is 2.13. The molecule has 0 aromatic heterocycles. The van der Waals surface area contributed by atoms with Crippen LogP contribution in [0.25, 0.3) is 0 Å². The van der Waals surface area contributed by atoms with E-state index in [2.05, 4.69) is 5.32 Å². The van der Waals surface area contributed by atoms with Gasteiger partial charge in [0.15, 0.2) is 0 Å². The van der Waals surface area contributed by atoms with Crippen LogP contribution in [0.3, 0.4) is 0 Å². The van der Waals surface area contributed by atoms with E-state index in [4.69, 9.17) is 23.2 Å². The highest BCUT2D eigenvalue weighted by Crippen LogP contribution is 2.29. The maximum absolute atomic E-state index is 11.6. The molecule has 1 amide bonds. The van der Waals surface area contributed by atoms with E-state index in [1.807, 2.05) is 0 Å². The Morgan fingerprint density at radius 2 is 1.95 bits per heavy atom. The van der Waals surface area contributed by atoms with Crippen molar-refractivity contribution in [1.82, 2.24) is 5.32 Å². The molecule has 1 aromatic carbocycles. The predicted molar refractivity (Wildman–Crippen MR) is 76.4 cm³/mol. The zero-order valence-electron chi connectivity index (χ0n) is 10.5. The summed E-state index contributed by atoms with van der Waals surface area (Å²) < 4.78 is 0. The number of halogens is 2. The molecule has 3 nitrogen and oxygen atoms in total. The van der Waals surface area contributed by atoms with E-state index in [0.717, 1.165) is 12.8 Å². The van der Waals surface area contributed by atoms with E-state index in [0.29, 0.717) is 27.9 Å². The van der Waals surface area contributed by atoms with Crippen LogP contribution in [0.1, 0.15) is 37.4 Å². The second-order valence-corrected chi connectivity index (χ2v) is 5.90. The van der Waals surface area contributed by atoms with Crippen molar-refractivity contribution in [2.45, 2.75) is 31.8 Å². The molecule has 2 N–H and O–H groups in total. The summed E-state index contributed by atoms with van der Waals surface area (Å²) in [4.78, 5) is 11.6. The lowest BCUT2D eigenvalue weighted by molar-refractivity contribution is -0.123. The zero-order chi connectivity index (χ0) is 13.8. The molecule has 0 radical (unpaired) electrons. The first-order chi connectivity index (χ1) is 9.04. The Morgan fingerprint density at radius 1 is 1.32 bits per heavy atom. The van der Waals surface area contributed by atoms with Crippen LogP contribution in [-0.4, -0.2) is 17.6 Å². The molecule has 1 atom stereocenters. The fourth-order valence-corrected chi connectivity index (χ4v) is 2.67. The molecule has 104 valence electrons. The highest BCUT2D eigenvalue weighted by molar-refractivity contribution is 6.34. The number of carbonyl (C=O) groups excluding carboxylic acids is 1. The third-order valence-corrected chi connectivity index (χ3v) is 3.90. The van der Waals surface area contributed by atoms with Gasteiger partial charge in [0.05, 0.1) is 6.10 Å². The second-order valence-electron chi connectivity index (χ2n) is 5.02. The van der Waals surface area contributed by atoms with Gasteiger partial charge in [-0.25, -0.2) is 0 Å². The number of rotatable bonds is 5. The molecule has 0 aliphatic heterocycles. The van der Waals surface area contributed by atoms with Crippen molar-refractivity contribution in [3.8, 4) is 0 Å². The van der Waals surface area contributed by atoms with Crippen LogP contribution >= 0.6 is 23.2 Å². The molecular formula is C14H17Cl2NO2. The maximum Gasteiger partial charge on any atom is 0.220 e. The molecule has 1 unspecified atom stereocenters. The van der Waals surface area contributed by atoms with E-state index in [1.54, 1.807) is 18.2 Å². The summed E-state index contributed by atoms with van der Waals surface area (Å²) in [6, 6.07) is 4.90. The van der Waals surface area contributed by atoms with Crippen molar-refractivity contribution in [2.24, 2.45) is 5.92 Å². The van der Waals surface area contributed by atoms with Crippen molar-refractivity contribution >= 4 is 29.1 Å². The smallest absolute Gasteiger partial charge is 0.220 e. The number of amides is 1. The van der Waals surface area contributed by atoms with Crippen molar-refractivity contribution < 1.29 is 9.90 Å². The first-order valence-corrected chi connectivity index (χ1v) is 7.21. The van der Waals surface area contributed by atoms with E-state index >= 15 is 0 Å². The van der Waals surface area contributed by atoms with Crippen LogP contribution in [0, 0.1) is 5.92 Å². The number of benzene rings is 1. The molecule has 0 heterocycles. The number of nitrogens with one attached hydrogen (secondary N) is 1. The summed E-state index contributed by atoms with van der Waals surface area (Å²) >= 11 is 11.7. The number of hydrogen-bond donors (Lipinski definition) is 2. The molecule has 5 heteroatoms. The van der Waals surface area contributed by atoms with Crippen LogP contribution in [0.5, 0.6) is 0 Å². The van der Waals surface area contributed by atoms with Crippen LogP contribution in [-0.2, 0) is 4.79 Å². The standard InChI is InChI=1S/C14H17Cl2NO2/c15-11-5-10(6-12(16)7-11)13(18)8-17-14(19)4-9-2-1-3-9/h5-7,9,13,18H,1-4,8H2,(H,17,19). The molecule has 1 aliphatic rings. The maximum atomic E-state index is 11.6. The summed E-state index contributed by atoms with van der Waals surface area (Å²) in [5.41, 5.74) is 0.612. The highest BCUT2D eigenvalue weighted by Gasteiger charge is 2.21. The van der Waals surface area contributed by atoms with Gasteiger partial charge in [0.2, 0.25) is 5.91 Å². The average Bonchev–Trinajstić information content (AvgIpc) is 2.29. The lowest BCUT2D eigenvalue weighted by Crippen LogP contribution is -2.31. The molecule has 19 heavy (non-hydrogen) atoms.